The molecule has 2 aliphatic heterocycles. The van der Waals surface area contributed by atoms with Crippen LogP contribution in [0.15, 0.2) is 51.8 Å². The van der Waals surface area contributed by atoms with Crippen molar-refractivity contribution in [1.29, 1.82) is 0 Å². The summed E-state index contributed by atoms with van der Waals surface area (Å²) < 4.78 is 53.0. The van der Waals surface area contributed by atoms with Crippen LogP contribution in [0.3, 0.4) is 0 Å². The van der Waals surface area contributed by atoms with Crippen molar-refractivity contribution in [2.45, 2.75) is 74.8 Å². The molecule has 0 bridgehead atoms. The molecule has 0 spiro atoms. The largest absolute Gasteiger partial charge is 0.444 e. The number of carbonyl (C=O) groups is 2. The molecule has 1 saturated heterocycles. The standard InChI is InChI=1S/C27H32BrFN2O6S/c1-25(2,3)36-23(32)30-14-13-27(38(34,35)19-10-8-18(29)9-11-19)20-12-7-17(28)15-21(20)31(16-22(27)30)24(33)37-26(4,5)6/h7-12,15,22H,13-14,16H2,1-6H3. The molecule has 2 aliphatic rings. The second kappa shape index (κ2) is 9.51. The van der Waals surface area contributed by atoms with Crippen LogP contribution < -0.4 is 4.90 Å². The van der Waals surface area contributed by atoms with Crippen LogP contribution in [-0.4, -0.2) is 55.8 Å². The summed E-state index contributed by atoms with van der Waals surface area (Å²) >= 11 is 3.44. The van der Waals surface area contributed by atoms with Crippen LogP contribution >= 0.6 is 15.9 Å². The number of ether oxygens (including phenoxy) is 2. The summed E-state index contributed by atoms with van der Waals surface area (Å²) in [5.41, 5.74) is -0.904. The Balaban J connectivity index is 1.95. The molecule has 38 heavy (non-hydrogen) atoms. The predicted molar refractivity (Wildman–Crippen MR) is 144 cm³/mol. The van der Waals surface area contributed by atoms with Crippen molar-refractivity contribution >= 4 is 43.6 Å². The number of halogens is 2. The number of benzene rings is 2. The highest BCUT2D eigenvalue weighted by molar-refractivity contribution is 9.10. The second-order valence-corrected chi connectivity index (χ2v) is 14.7. The zero-order valence-corrected chi connectivity index (χ0v) is 24.7. The summed E-state index contributed by atoms with van der Waals surface area (Å²) in [4.78, 5) is 29.4. The van der Waals surface area contributed by atoms with Crippen molar-refractivity contribution in [3.05, 3.63) is 58.3 Å². The van der Waals surface area contributed by atoms with Gasteiger partial charge in [0.2, 0.25) is 0 Å². The molecule has 2 aromatic carbocycles. The number of hydrogen-bond acceptors (Lipinski definition) is 6. The van der Waals surface area contributed by atoms with Crippen LogP contribution in [-0.2, 0) is 24.1 Å². The Morgan fingerprint density at radius 3 is 2.13 bits per heavy atom. The first kappa shape index (κ1) is 28.4. The van der Waals surface area contributed by atoms with Crippen molar-refractivity contribution < 1.29 is 31.9 Å². The normalized spacial score (nSPS) is 21.5. The van der Waals surface area contributed by atoms with E-state index >= 15 is 0 Å². The Hall–Kier alpha value is -2.66. The minimum absolute atomic E-state index is 0.0629. The van der Waals surface area contributed by atoms with Crippen molar-refractivity contribution in [2.24, 2.45) is 0 Å². The van der Waals surface area contributed by atoms with Gasteiger partial charge in [-0.25, -0.2) is 22.4 Å². The molecule has 11 heteroatoms. The van der Waals surface area contributed by atoms with Gasteiger partial charge in [0.25, 0.3) is 0 Å². The molecule has 2 amide bonds. The lowest BCUT2D eigenvalue weighted by molar-refractivity contribution is 0.0204. The number of rotatable bonds is 2. The van der Waals surface area contributed by atoms with E-state index < -0.39 is 49.8 Å². The molecule has 2 atom stereocenters. The van der Waals surface area contributed by atoms with Crippen LogP contribution in [0.4, 0.5) is 19.7 Å². The highest BCUT2D eigenvalue weighted by atomic mass is 79.9. The van der Waals surface area contributed by atoms with Gasteiger partial charge in [-0.1, -0.05) is 22.0 Å². The number of sulfone groups is 1. The molecule has 206 valence electrons. The fourth-order valence-corrected chi connectivity index (χ4v) is 7.74. The molecule has 0 radical (unpaired) electrons. The summed E-state index contributed by atoms with van der Waals surface area (Å²) in [5, 5.41) is 0. The van der Waals surface area contributed by atoms with Crippen LogP contribution in [0, 0.1) is 5.82 Å². The Labute approximate surface area is 231 Å². The first-order valence-electron chi connectivity index (χ1n) is 12.3. The van der Waals surface area contributed by atoms with Gasteiger partial charge in [0.1, 0.15) is 21.8 Å². The van der Waals surface area contributed by atoms with Crippen LogP contribution in [0.1, 0.15) is 53.5 Å². The molecule has 0 aromatic heterocycles. The summed E-state index contributed by atoms with van der Waals surface area (Å²) in [5.74, 6) is -0.566. The topological polar surface area (TPSA) is 93.2 Å². The van der Waals surface area contributed by atoms with Crippen LogP contribution in [0.2, 0.25) is 0 Å². The number of fused-ring (bicyclic) bond motifs is 3. The molecule has 2 unspecified atom stereocenters. The van der Waals surface area contributed by atoms with E-state index in [9.17, 15) is 22.4 Å². The maximum absolute atomic E-state index is 14.5. The number of amides is 2. The lowest BCUT2D eigenvalue weighted by atomic mass is 9.85. The highest BCUT2D eigenvalue weighted by Gasteiger charge is 2.63. The molecule has 1 fully saturated rings. The maximum Gasteiger partial charge on any atom is 0.414 e. The molecule has 0 saturated carbocycles. The van der Waals surface area contributed by atoms with E-state index in [2.05, 4.69) is 15.9 Å². The summed E-state index contributed by atoms with van der Waals surface area (Å²) in [7, 11) is -4.21. The van der Waals surface area contributed by atoms with Gasteiger partial charge in [0.15, 0.2) is 9.84 Å². The SMILES string of the molecule is CC(C)(C)OC(=O)N1CC2N(C(=O)OC(C)(C)C)CCC2(S(=O)(=O)c2ccc(F)cc2)c2ccc(Br)cc21. The third-order valence-corrected chi connectivity index (χ3v) is 9.59. The Morgan fingerprint density at radius 2 is 1.55 bits per heavy atom. The molecular formula is C27H32BrFN2O6S. The average Bonchev–Trinajstić information content (AvgIpc) is 3.17. The van der Waals surface area contributed by atoms with Gasteiger partial charge < -0.3 is 14.4 Å². The number of likely N-dealkylation sites (tertiary alicyclic amines) is 1. The second-order valence-electron chi connectivity index (χ2n) is 11.5. The van der Waals surface area contributed by atoms with E-state index in [-0.39, 0.29) is 24.4 Å². The van der Waals surface area contributed by atoms with Gasteiger partial charge in [0.05, 0.1) is 23.2 Å². The summed E-state index contributed by atoms with van der Waals surface area (Å²) in [6.07, 6.45) is -1.28. The Bertz CT molecular complexity index is 1370. The minimum atomic E-state index is -4.21. The van der Waals surface area contributed by atoms with Gasteiger partial charge in [-0.2, -0.15) is 0 Å². The van der Waals surface area contributed by atoms with E-state index in [1.165, 1.54) is 21.9 Å². The predicted octanol–water partition coefficient (Wildman–Crippen LogP) is 6.02. The van der Waals surface area contributed by atoms with Crippen LogP contribution in [0.5, 0.6) is 0 Å². The Kier molecular flexibility index (Phi) is 7.10. The molecule has 8 nitrogen and oxygen atoms in total. The van der Waals surface area contributed by atoms with E-state index in [1.54, 1.807) is 59.7 Å². The quantitative estimate of drug-likeness (QED) is 0.386. The van der Waals surface area contributed by atoms with E-state index in [0.29, 0.717) is 15.7 Å². The summed E-state index contributed by atoms with van der Waals surface area (Å²) in [6.45, 7) is 10.3. The van der Waals surface area contributed by atoms with E-state index in [0.717, 1.165) is 12.1 Å². The number of anilines is 1. The number of hydrogen-bond donors (Lipinski definition) is 0. The highest BCUT2D eigenvalue weighted by Crippen LogP contribution is 2.54. The zero-order chi connectivity index (χ0) is 28.3. The maximum atomic E-state index is 14.5. The first-order chi connectivity index (χ1) is 17.5. The van der Waals surface area contributed by atoms with Gasteiger partial charge in [-0.15, -0.1) is 0 Å². The third kappa shape index (κ3) is 5.02. The zero-order valence-electron chi connectivity index (χ0n) is 22.2. The molecule has 0 N–H and O–H groups in total. The number of nitrogens with zero attached hydrogens (tertiary/aromatic N) is 2. The van der Waals surface area contributed by atoms with Crippen LogP contribution in [0.25, 0.3) is 0 Å². The van der Waals surface area contributed by atoms with Crippen molar-refractivity contribution in [3.63, 3.8) is 0 Å². The van der Waals surface area contributed by atoms with Gasteiger partial charge >= 0.3 is 12.2 Å². The molecule has 4 rings (SSSR count). The smallest absolute Gasteiger partial charge is 0.414 e. The summed E-state index contributed by atoms with van der Waals surface area (Å²) in [6, 6.07) is 8.68. The van der Waals surface area contributed by atoms with E-state index in [4.69, 9.17) is 9.47 Å². The third-order valence-electron chi connectivity index (χ3n) is 6.55. The van der Waals surface area contributed by atoms with Crippen molar-refractivity contribution in [3.8, 4) is 0 Å². The van der Waals surface area contributed by atoms with Gasteiger partial charge in [-0.05, 0) is 89.9 Å². The molecule has 2 aromatic rings. The first-order valence-corrected chi connectivity index (χ1v) is 14.5. The molecular weight excluding hydrogens is 579 g/mol. The molecule has 0 aliphatic carbocycles. The number of carbonyl (C=O) groups excluding carboxylic acids is 2. The molecule has 2 heterocycles. The fraction of sp³-hybridized carbons (Fsp3) is 0.481. The van der Waals surface area contributed by atoms with E-state index in [1.807, 2.05) is 0 Å². The minimum Gasteiger partial charge on any atom is -0.444 e. The van der Waals surface area contributed by atoms with Gasteiger partial charge in [-0.3, -0.25) is 4.90 Å². The van der Waals surface area contributed by atoms with Crippen molar-refractivity contribution in [1.82, 2.24) is 4.90 Å². The monoisotopic (exact) mass is 610 g/mol. The fourth-order valence-electron chi connectivity index (χ4n) is 5.09. The lowest BCUT2D eigenvalue weighted by Gasteiger charge is -2.46. The average molecular weight is 612 g/mol. The lowest BCUT2D eigenvalue weighted by Crippen LogP contribution is -2.60. The van der Waals surface area contributed by atoms with Crippen molar-refractivity contribution in [2.75, 3.05) is 18.0 Å². The Morgan fingerprint density at radius 1 is 0.974 bits per heavy atom. The van der Waals surface area contributed by atoms with Gasteiger partial charge in [0, 0.05) is 11.0 Å².